The third-order valence-electron chi connectivity index (χ3n) is 6.40. The number of Topliss-reactive ketones (excluding diaryl/α,β-unsaturated/α-hetero) is 1. The Balaban J connectivity index is 1.81. The Morgan fingerprint density at radius 3 is 2.44 bits per heavy atom. The Morgan fingerprint density at radius 2 is 1.76 bits per heavy atom. The first kappa shape index (κ1) is 24.2. The summed E-state index contributed by atoms with van der Waals surface area (Å²) >= 11 is 12.9. The van der Waals surface area contributed by atoms with Crippen LogP contribution in [0.2, 0.25) is 10.0 Å². The van der Waals surface area contributed by atoms with Crippen molar-refractivity contribution in [1.29, 1.82) is 0 Å². The maximum atomic E-state index is 13.6. The number of carbonyl (C=O) groups is 2. The van der Waals surface area contributed by atoms with Crippen LogP contribution in [0.4, 0.5) is 0 Å². The number of dihydropyridines is 1. The molecule has 0 amide bonds. The molecule has 0 aromatic heterocycles. The van der Waals surface area contributed by atoms with Crippen molar-refractivity contribution in [2.45, 2.75) is 31.6 Å². The molecule has 0 saturated carbocycles. The minimum absolute atomic E-state index is 0.0662. The van der Waals surface area contributed by atoms with E-state index in [0.717, 1.165) is 11.3 Å². The largest absolute Gasteiger partial charge is 0.493 e. The molecule has 0 saturated heterocycles. The summed E-state index contributed by atoms with van der Waals surface area (Å²) in [5, 5.41) is 3.97. The highest BCUT2D eigenvalue weighted by Crippen LogP contribution is 2.48. The smallest absolute Gasteiger partial charge is 0.336 e. The summed E-state index contributed by atoms with van der Waals surface area (Å²) in [7, 11) is 4.48. The highest BCUT2D eigenvalue weighted by atomic mass is 35.5. The summed E-state index contributed by atoms with van der Waals surface area (Å²) in [5.41, 5.74) is 3.82. The molecule has 0 radical (unpaired) electrons. The van der Waals surface area contributed by atoms with E-state index in [0.29, 0.717) is 50.4 Å². The van der Waals surface area contributed by atoms with Gasteiger partial charge in [-0.25, -0.2) is 4.79 Å². The average molecular weight is 502 g/mol. The molecular formula is C26H25Cl2NO5. The number of allylic oxidation sites excluding steroid dienone is 3. The number of methoxy groups -OCH3 is 3. The Morgan fingerprint density at radius 1 is 1.03 bits per heavy atom. The lowest BCUT2D eigenvalue weighted by molar-refractivity contribution is -0.136. The predicted molar refractivity (Wildman–Crippen MR) is 131 cm³/mol. The van der Waals surface area contributed by atoms with Crippen molar-refractivity contribution < 1.29 is 23.8 Å². The first-order valence-corrected chi connectivity index (χ1v) is 11.5. The number of rotatable bonds is 5. The van der Waals surface area contributed by atoms with Gasteiger partial charge in [0.1, 0.15) is 0 Å². The van der Waals surface area contributed by atoms with Gasteiger partial charge < -0.3 is 19.5 Å². The molecule has 0 unspecified atom stereocenters. The molecule has 178 valence electrons. The fourth-order valence-corrected chi connectivity index (χ4v) is 5.23. The zero-order valence-electron chi connectivity index (χ0n) is 19.3. The second kappa shape index (κ2) is 9.72. The van der Waals surface area contributed by atoms with Crippen LogP contribution in [0, 0.1) is 0 Å². The maximum Gasteiger partial charge on any atom is 0.336 e. The highest BCUT2D eigenvalue weighted by Gasteiger charge is 2.42. The normalized spacial score (nSPS) is 20.0. The van der Waals surface area contributed by atoms with Crippen LogP contribution in [-0.2, 0) is 14.3 Å². The number of carbonyl (C=O) groups excluding carboxylic acids is 2. The van der Waals surface area contributed by atoms with Gasteiger partial charge in [-0.2, -0.15) is 0 Å². The van der Waals surface area contributed by atoms with Gasteiger partial charge in [0, 0.05) is 29.3 Å². The van der Waals surface area contributed by atoms with Crippen molar-refractivity contribution >= 4 is 35.0 Å². The topological polar surface area (TPSA) is 73.9 Å². The molecule has 1 N–H and O–H groups in total. The average Bonchev–Trinajstić information content (AvgIpc) is 2.83. The Bertz CT molecular complexity index is 1230. The number of esters is 1. The van der Waals surface area contributed by atoms with E-state index in [2.05, 4.69) is 5.32 Å². The van der Waals surface area contributed by atoms with Crippen LogP contribution in [0.5, 0.6) is 11.5 Å². The lowest BCUT2D eigenvalue weighted by Crippen LogP contribution is -2.36. The van der Waals surface area contributed by atoms with Crippen LogP contribution in [-0.4, -0.2) is 33.1 Å². The summed E-state index contributed by atoms with van der Waals surface area (Å²) in [4.78, 5) is 26.4. The molecule has 1 heterocycles. The van der Waals surface area contributed by atoms with E-state index in [4.69, 9.17) is 37.4 Å². The SMILES string of the molecule is COC(=O)C1=C(C)NC2=C(C(=O)C[C@@H](c3ccc(OC)c(OC)c3)C2)[C@H]1c1cccc(Cl)c1Cl. The van der Waals surface area contributed by atoms with Gasteiger partial charge in [-0.1, -0.05) is 41.4 Å². The van der Waals surface area contributed by atoms with Crippen molar-refractivity contribution in [1.82, 2.24) is 5.32 Å². The molecule has 1 aliphatic carbocycles. The number of hydrogen-bond acceptors (Lipinski definition) is 6. The molecule has 34 heavy (non-hydrogen) atoms. The third-order valence-corrected chi connectivity index (χ3v) is 7.24. The molecule has 0 spiro atoms. The first-order chi connectivity index (χ1) is 16.3. The predicted octanol–water partition coefficient (Wildman–Crippen LogP) is 5.55. The zero-order valence-corrected chi connectivity index (χ0v) is 20.8. The van der Waals surface area contributed by atoms with Crippen LogP contribution >= 0.6 is 23.2 Å². The van der Waals surface area contributed by atoms with Crippen LogP contribution < -0.4 is 14.8 Å². The van der Waals surface area contributed by atoms with E-state index in [1.54, 1.807) is 39.3 Å². The van der Waals surface area contributed by atoms with Crippen LogP contribution in [0.25, 0.3) is 0 Å². The van der Waals surface area contributed by atoms with E-state index in [1.807, 2.05) is 18.2 Å². The number of halogens is 2. The van der Waals surface area contributed by atoms with Gasteiger partial charge in [0.05, 0.1) is 36.9 Å². The van der Waals surface area contributed by atoms with Gasteiger partial charge in [-0.3, -0.25) is 4.79 Å². The van der Waals surface area contributed by atoms with Gasteiger partial charge in [0.15, 0.2) is 17.3 Å². The molecule has 2 aromatic rings. The monoisotopic (exact) mass is 501 g/mol. The van der Waals surface area contributed by atoms with E-state index in [1.165, 1.54) is 7.11 Å². The summed E-state index contributed by atoms with van der Waals surface area (Å²) < 4.78 is 15.9. The van der Waals surface area contributed by atoms with Gasteiger partial charge in [-0.05, 0) is 48.6 Å². The molecule has 0 fully saturated rings. The molecule has 2 aliphatic rings. The van der Waals surface area contributed by atoms with Crippen molar-refractivity contribution in [3.63, 3.8) is 0 Å². The molecule has 6 nitrogen and oxygen atoms in total. The Kier molecular flexibility index (Phi) is 6.91. The zero-order chi connectivity index (χ0) is 24.6. The Labute approximate surface area is 208 Å². The standard InChI is InChI=1S/C26H25Cl2NO5/c1-13-22(26(31)34-4)23(16-6-5-7-17(27)25(16)28)24-18(29-13)10-15(11-19(24)30)14-8-9-20(32-2)21(12-14)33-3/h5-9,12,15,23,29H,10-11H2,1-4H3/t15-,23-/m0/s1. The summed E-state index contributed by atoms with van der Waals surface area (Å²) in [6.07, 6.45) is 0.856. The van der Waals surface area contributed by atoms with Gasteiger partial charge in [0.25, 0.3) is 0 Å². The Hall–Kier alpha value is -2.96. The number of nitrogens with one attached hydrogen (secondary N) is 1. The molecule has 1 aliphatic heterocycles. The van der Waals surface area contributed by atoms with Crippen LogP contribution in [0.1, 0.15) is 42.7 Å². The van der Waals surface area contributed by atoms with E-state index >= 15 is 0 Å². The van der Waals surface area contributed by atoms with Crippen LogP contribution in [0.3, 0.4) is 0 Å². The quantitative estimate of drug-likeness (QED) is 0.541. The van der Waals surface area contributed by atoms with Crippen molar-refractivity contribution in [2.24, 2.45) is 0 Å². The number of ketones is 1. The summed E-state index contributed by atoms with van der Waals surface area (Å²) in [6.45, 7) is 1.80. The van der Waals surface area contributed by atoms with Crippen molar-refractivity contribution in [3.8, 4) is 11.5 Å². The number of ether oxygens (including phenoxy) is 3. The lowest BCUT2D eigenvalue weighted by Gasteiger charge is -2.37. The van der Waals surface area contributed by atoms with Gasteiger partial charge in [-0.15, -0.1) is 0 Å². The van der Waals surface area contributed by atoms with E-state index in [-0.39, 0.29) is 18.1 Å². The molecule has 8 heteroatoms. The van der Waals surface area contributed by atoms with Crippen molar-refractivity contribution in [3.05, 3.63) is 80.1 Å². The second-order valence-corrected chi connectivity index (χ2v) is 9.05. The molecule has 2 aromatic carbocycles. The minimum atomic E-state index is -0.672. The lowest BCUT2D eigenvalue weighted by atomic mass is 9.71. The highest BCUT2D eigenvalue weighted by molar-refractivity contribution is 6.42. The van der Waals surface area contributed by atoms with E-state index in [9.17, 15) is 9.59 Å². The minimum Gasteiger partial charge on any atom is -0.493 e. The van der Waals surface area contributed by atoms with Gasteiger partial charge in [0.2, 0.25) is 0 Å². The first-order valence-electron chi connectivity index (χ1n) is 10.8. The molecular weight excluding hydrogens is 477 g/mol. The van der Waals surface area contributed by atoms with Crippen LogP contribution in [0.15, 0.2) is 58.9 Å². The number of hydrogen-bond donors (Lipinski definition) is 1. The maximum absolute atomic E-state index is 13.6. The fourth-order valence-electron chi connectivity index (χ4n) is 4.82. The third kappa shape index (κ3) is 4.17. The van der Waals surface area contributed by atoms with E-state index < -0.39 is 11.9 Å². The fraction of sp³-hybridized carbons (Fsp3) is 0.308. The molecule has 0 bridgehead atoms. The molecule has 2 atom stereocenters. The van der Waals surface area contributed by atoms with Crippen molar-refractivity contribution in [2.75, 3.05) is 21.3 Å². The van der Waals surface area contributed by atoms with Gasteiger partial charge >= 0.3 is 5.97 Å². The second-order valence-electron chi connectivity index (χ2n) is 8.27. The summed E-state index contributed by atoms with van der Waals surface area (Å²) in [5.74, 6) is -0.0936. The number of benzene rings is 2. The molecule has 4 rings (SSSR count). The summed E-state index contributed by atoms with van der Waals surface area (Å²) in [6, 6.07) is 10.9.